The van der Waals surface area contributed by atoms with Gasteiger partial charge in [-0.3, -0.25) is 4.79 Å². The van der Waals surface area contributed by atoms with Gasteiger partial charge in [0.05, 0.1) is 19.8 Å². The number of carbonyl (C=O) groups excluding carboxylic acids is 1. The zero-order valence-electron chi connectivity index (χ0n) is 16.9. The first-order valence-electron chi connectivity index (χ1n) is 8.85. The van der Waals surface area contributed by atoms with Crippen LogP contribution in [0.25, 0.3) is 0 Å². The van der Waals surface area contributed by atoms with Crippen molar-refractivity contribution in [3.8, 4) is 0 Å². The van der Waals surface area contributed by atoms with Crippen molar-refractivity contribution >= 4 is 14.3 Å². The molecule has 1 aliphatic heterocycles. The number of hydrogen-bond acceptors (Lipinski definition) is 5. The summed E-state index contributed by atoms with van der Waals surface area (Å²) in [4.78, 5) is 11.5. The van der Waals surface area contributed by atoms with E-state index in [2.05, 4.69) is 40.8 Å². The second-order valence-corrected chi connectivity index (χ2v) is 13.6. The van der Waals surface area contributed by atoms with Crippen LogP contribution in [0, 0.1) is 5.92 Å². The topological polar surface area (TPSA) is 54.0 Å². The van der Waals surface area contributed by atoms with Crippen LogP contribution in [0.3, 0.4) is 0 Å². The average molecular weight is 361 g/mol. The standard InChI is InChI=1S/C18H36O5Si/c1-13(10-11-15(19)20-7)16(14-12-21-18(5,6)22-14)23-24(8,9)17(2,3)4/h13-14,16H,10-12H2,1-9H3/t13-,14-,16+/m1/s1. The van der Waals surface area contributed by atoms with E-state index in [0.29, 0.717) is 19.4 Å². The lowest BCUT2D eigenvalue weighted by atomic mass is 9.95. The fourth-order valence-electron chi connectivity index (χ4n) is 2.56. The summed E-state index contributed by atoms with van der Waals surface area (Å²) in [6, 6.07) is 0. The van der Waals surface area contributed by atoms with Crippen molar-refractivity contribution in [3.05, 3.63) is 0 Å². The minimum Gasteiger partial charge on any atom is -0.469 e. The lowest BCUT2D eigenvalue weighted by Crippen LogP contribution is -2.50. The zero-order valence-corrected chi connectivity index (χ0v) is 17.9. The molecule has 0 spiro atoms. The van der Waals surface area contributed by atoms with Crippen molar-refractivity contribution in [2.75, 3.05) is 13.7 Å². The summed E-state index contributed by atoms with van der Waals surface area (Å²) in [6.45, 7) is 17.7. The SMILES string of the molecule is COC(=O)CC[C@@H](C)[C@H](O[Si](C)(C)C(C)(C)C)[C@H]1COC(C)(C)O1. The maximum Gasteiger partial charge on any atom is 0.305 e. The molecular weight excluding hydrogens is 324 g/mol. The highest BCUT2D eigenvalue weighted by Crippen LogP contribution is 2.40. The van der Waals surface area contributed by atoms with Gasteiger partial charge in [-0.25, -0.2) is 0 Å². The number of carbonyl (C=O) groups is 1. The Morgan fingerprint density at radius 3 is 2.33 bits per heavy atom. The number of esters is 1. The predicted molar refractivity (Wildman–Crippen MR) is 97.4 cm³/mol. The third-order valence-electron chi connectivity index (χ3n) is 5.23. The minimum atomic E-state index is -1.96. The molecule has 0 aromatic rings. The van der Waals surface area contributed by atoms with E-state index in [1.165, 1.54) is 7.11 Å². The molecule has 1 heterocycles. The van der Waals surface area contributed by atoms with Gasteiger partial charge in [0.15, 0.2) is 14.1 Å². The van der Waals surface area contributed by atoms with E-state index >= 15 is 0 Å². The van der Waals surface area contributed by atoms with Gasteiger partial charge in [-0.2, -0.15) is 0 Å². The maximum absolute atomic E-state index is 11.5. The minimum absolute atomic E-state index is 0.0858. The Hall–Kier alpha value is -0.433. The monoisotopic (exact) mass is 360 g/mol. The largest absolute Gasteiger partial charge is 0.469 e. The predicted octanol–water partition coefficient (Wildman–Crippen LogP) is 4.12. The first kappa shape index (κ1) is 21.6. The van der Waals surface area contributed by atoms with Gasteiger partial charge in [-0.05, 0) is 44.3 Å². The molecule has 1 rings (SSSR count). The van der Waals surface area contributed by atoms with Crippen LogP contribution in [-0.2, 0) is 23.4 Å². The highest BCUT2D eigenvalue weighted by Gasteiger charge is 2.45. The van der Waals surface area contributed by atoms with Crippen molar-refractivity contribution in [1.82, 2.24) is 0 Å². The van der Waals surface area contributed by atoms with E-state index in [9.17, 15) is 4.79 Å². The lowest BCUT2D eigenvalue weighted by Gasteiger charge is -2.42. The molecule has 6 heteroatoms. The van der Waals surface area contributed by atoms with Crippen LogP contribution < -0.4 is 0 Å². The summed E-state index contributed by atoms with van der Waals surface area (Å²) in [5.41, 5.74) is 0. The van der Waals surface area contributed by atoms with Crippen molar-refractivity contribution in [2.45, 2.75) is 90.5 Å². The Bertz CT molecular complexity index is 428. The van der Waals surface area contributed by atoms with E-state index in [-0.39, 0.29) is 29.1 Å². The molecule has 0 saturated carbocycles. The molecule has 5 nitrogen and oxygen atoms in total. The van der Waals surface area contributed by atoms with Crippen LogP contribution in [0.4, 0.5) is 0 Å². The van der Waals surface area contributed by atoms with Gasteiger partial charge in [0, 0.05) is 6.42 Å². The first-order valence-corrected chi connectivity index (χ1v) is 11.8. The molecule has 0 amide bonds. The fraction of sp³-hybridized carbons (Fsp3) is 0.944. The van der Waals surface area contributed by atoms with Crippen LogP contribution in [0.5, 0.6) is 0 Å². The Kier molecular flexibility index (Phi) is 7.07. The van der Waals surface area contributed by atoms with Gasteiger partial charge < -0.3 is 18.6 Å². The van der Waals surface area contributed by atoms with E-state index in [1.54, 1.807) is 0 Å². The molecule has 0 aromatic heterocycles. The molecule has 1 fully saturated rings. The smallest absolute Gasteiger partial charge is 0.305 e. The number of methoxy groups -OCH3 is 1. The Balaban J connectivity index is 2.89. The van der Waals surface area contributed by atoms with Crippen molar-refractivity contribution < 1.29 is 23.4 Å². The summed E-state index contributed by atoms with van der Waals surface area (Å²) in [5, 5.41) is 0.113. The van der Waals surface area contributed by atoms with E-state index in [1.807, 2.05) is 13.8 Å². The van der Waals surface area contributed by atoms with Crippen LogP contribution >= 0.6 is 0 Å². The van der Waals surface area contributed by atoms with Crippen LogP contribution in [0.2, 0.25) is 18.1 Å². The van der Waals surface area contributed by atoms with E-state index < -0.39 is 14.1 Å². The molecule has 3 atom stereocenters. The molecule has 142 valence electrons. The van der Waals surface area contributed by atoms with Crippen LogP contribution in [-0.4, -0.2) is 46.0 Å². The van der Waals surface area contributed by atoms with Gasteiger partial charge in [0.1, 0.15) is 6.10 Å². The number of hydrogen-bond donors (Lipinski definition) is 0. The Morgan fingerprint density at radius 2 is 1.92 bits per heavy atom. The molecule has 0 aromatic carbocycles. The average Bonchev–Trinajstić information content (AvgIpc) is 2.80. The van der Waals surface area contributed by atoms with Gasteiger partial charge in [-0.1, -0.05) is 27.7 Å². The third kappa shape index (κ3) is 5.83. The molecule has 24 heavy (non-hydrogen) atoms. The van der Waals surface area contributed by atoms with E-state index in [0.717, 1.165) is 0 Å². The summed E-state index contributed by atoms with van der Waals surface area (Å²) in [6.07, 6.45) is 0.914. The van der Waals surface area contributed by atoms with Gasteiger partial charge >= 0.3 is 5.97 Å². The quantitative estimate of drug-likeness (QED) is 0.505. The lowest BCUT2D eigenvalue weighted by molar-refractivity contribution is -0.154. The first-order chi connectivity index (χ1) is 10.8. The highest BCUT2D eigenvalue weighted by atomic mass is 28.4. The summed E-state index contributed by atoms with van der Waals surface area (Å²) in [5.74, 6) is -0.584. The van der Waals surface area contributed by atoms with Crippen LogP contribution in [0.1, 0.15) is 54.4 Å². The summed E-state index contributed by atoms with van der Waals surface area (Å²) >= 11 is 0. The van der Waals surface area contributed by atoms with E-state index in [4.69, 9.17) is 18.6 Å². The number of ether oxygens (including phenoxy) is 3. The van der Waals surface area contributed by atoms with Gasteiger partial charge in [-0.15, -0.1) is 0 Å². The van der Waals surface area contributed by atoms with Gasteiger partial charge in [0.25, 0.3) is 0 Å². The Morgan fingerprint density at radius 1 is 1.33 bits per heavy atom. The summed E-state index contributed by atoms with van der Waals surface area (Å²) in [7, 11) is -0.537. The second-order valence-electron chi connectivity index (χ2n) is 8.80. The fourth-order valence-corrected chi connectivity index (χ4v) is 3.98. The molecule has 0 unspecified atom stereocenters. The zero-order chi connectivity index (χ0) is 18.8. The Labute approximate surface area is 148 Å². The molecule has 1 aliphatic rings. The maximum atomic E-state index is 11.5. The van der Waals surface area contributed by atoms with Gasteiger partial charge in [0.2, 0.25) is 0 Å². The van der Waals surface area contributed by atoms with Crippen molar-refractivity contribution in [2.24, 2.45) is 5.92 Å². The highest BCUT2D eigenvalue weighted by molar-refractivity contribution is 6.74. The summed E-state index contributed by atoms with van der Waals surface area (Å²) < 4.78 is 23.3. The molecule has 0 radical (unpaired) electrons. The molecule has 0 aliphatic carbocycles. The molecule has 0 bridgehead atoms. The molecule has 1 saturated heterocycles. The van der Waals surface area contributed by atoms with Crippen molar-refractivity contribution in [1.29, 1.82) is 0 Å². The number of rotatable bonds is 7. The molecular formula is C18H36O5Si. The van der Waals surface area contributed by atoms with Crippen molar-refractivity contribution in [3.63, 3.8) is 0 Å². The third-order valence-corrected chi connectivity index (χ3v) is 9.70. The second kappa shape index (κ2) is 7.85. The molecule has 0 N–H and O–H groups in total. The van der Waals surface area contributed by atoms with Crippen LogP contribution in [0.15, 0.2) is 0 Å². The normalized spacial score (nSPS) is 23.8.